The molecular formula is C15H23NO4. The summed E-state index contributed by atoms with van der Waals surface area (Å²) in [5.74, 6) is 0.466. The van der Waals surface area contributed by atoms with Gasteiger partial charge in [-0.05, 0) is 30.7 Å². The molecule has 20 heavy (non-hydrogen) atoms. The Labute approximate surface area is 119 Å². The van der Waals surface area contributed by atoms with E-state index in [2.05, 4.69) is 12.2 Å². The molecule has 0 aliphatic rings. The van der Waals surface area contributed by atoms with Crippen LogP contribution in [-0.2, 0) is 11.2 Å². The van der Waals surface area contributed by atoms with Gasteiger partial charge in [-0.2, -0.15) is 0 Å². The molecule has 5 nitrogen and oxygen atoms in total. The summed E-state index contributed by atoms with van der Waals surface area (Å²) in [7, 11) is 1.60. The maximum Gasteiger partial charge on any atom is 0.320 e. The average Bonchev–Trinajstić information content (AvgIpc) is 2.46. The fourth-order valence-electron chi connectivity index (χ4n) is 1.90. The third-order valence-electron chi connectivity index (χ3n) is 3.05. The summed E-state index contributed by atoms with van der Waals surface area (Å²) >= 11 is 0. The third kappa shape index (κ3) is 4.74. The summed E-state index contributed by atoms with van der Waals surface area (Å²) in [5.41, 5.74) is 1.17. The molecular weight excluding hydrogens is 258 g/mol. The zero-order valence-electron chi connectivity index (χ0n) is 12.3. The van der Waals surface area contributed by atoms with E-state index in [1.54, 1.807) is 7.11 Å². The van der Waals surface area contributed by atoms with Crippen molar-refractivity contribution in [1.29, 1.82) is 0 Å². The van der Waals surface area contributed by atoms with E-state index in [4.69, 9.17) is 14.6 Å². The molecule has 0 aromatic heterocycles. The lowest BCUT2D eigenvalue weighted by Gasteiger charge is -2.15. The zero-order chi connectivity index (χ0) is 15.0. The van der Waals surface area contributed by atoms with Crippen LogP contribution in [0.1, 0.15) is 25.8 Å². The van der Waals surface area contributed by atoms with E-state index in [0.717, 1.165) is 6.42 Å². The molecule has 0 amide bonds. The van der Waals surface area contributed by atoms with Gasteiger partial charge in [0.1, 0.15) is 6.04 Å². The highest BCUT2D eigenvalue weighted by molar-refractivity contribution is 5.73. The van der Waals surface area contributed by atoms with Crippen LogP contribution in [0.15, 0.2) is 18.2 Å². The molecule has 1 atom stereocenters. The van der Waals surface area contributed by atoms with E-state index in [-0.39, 0.29) is 0 Å². The Morgan fingerprint density at radius 1 is 1.35 bits per heavy atom. The number of carboxylic acids is 1. The number of benzene rings is 1. The maximum atomic E-state index is 11.0. The van der Waals surface area contributed by atoms with Gasteiger partial charge in [0.15, 0.2) is 11.5 Å². The highest BCUT2D eigenvalue weighted by atomic mass is 16.5. The lowest BCUT2D eigenvalue weighted by atomic mass is 10.1. The van der Waals surface area contributed by atoms with Crippen LogP contribution in [-0.4, -0.2) is 37.4 Å². The topological polar surface area (TPSA) is 67.8 Å². The van der Waals surface area contributed by atoms with Crippen molar-refractivity contribution in [2.45, 2.75) is 32.7 Å². The molecule has 0 aliphatic carbocycles. The van der Waals surface area contributed by atoms with Gasteiger partial charge in [0.25, 0.3) is 0 Å². The van der Waals surface area contributed by atoms with Gasteiger partial charge < -0.3 is 19.9 Å². The molecule has 1 aromatic rings. The maximum absolute atomic E-state index is 11.0. The van der Waals surface area contributed by atoms with Crippen molar-refractivity contribution in [3.8, 4) is 11.5 Å². The lowest BCUT2D eigenvalue weighted by molar-refractivity contribution is -0.139. The number of aryl methyl sites for hydroxylation is 1. The van der Waals surface area contributed by atoms with Gasteiger partial charge in [-0.15, -0.1) is 0 Å². The number of carboxylic acid groups (broad SMARTS) is 1. The van der Waals surface area contributed by atoms with Crippen LogP contribution in [0.4, 0.5) is 0 Å². The molecule has 0 saturated heterocycles. The number of rotatable bonds is 9. The summed E-state index contributed by atoms with van der Waals surface area (Å²) in [6.45, 7) is 4.89. The normalized spacial score (nSPS) is 11.9. The summed E-state index contributed by atoms with van der Waals surface area (Å²) in [6.07, 6.45) is 1.33. The van der Waals surface area contributed by atoms with Gasteiger partial charge in [-0.3, -0.25) is 4.79 Å². The zero-order valence-corrected chi connectivity index (χ0v) is 12.3. The summed E-state index contributed by atoms with van der Waals surface area (Å²) in [5, 5.41) is 11.9. The van der Waals surface area contributed by atoms with Gasteiger partial charge in [0, 0.05) is 6.42 Å². The van der Waals surface area contributed by atoms with Crippen molar-refractivity contribution < 1.29 is 19.4 Å². The Morgan fingerprint density at radius 3 is 2.65 bits per heavy atom. The molecule has 0 aliphatic heterocycles. The number of carbonyl (C=O) groups is 1. The highest BCUT2D eigenvalue weighted by Crippen LogP contribution is 2.28. The molecule has 0 bridgehead atoms. The summed E-state index contributed by atoms with van der Waals surface area (Å²) in [6, 6.07) is 5.20. The van der Waals surface area contributed by atoms with Crippen LogP contribution in [0.2, 0.25) is 0 Å². The lowest BCUT2D eigenvalue weighted by Crippen LogP contribution is -2.37. The molecule has 2 N–H and O–H groups in total. The second kappa shape index (κ2) is 8.43. The van der Waals surface area contributed by atoms with E-state index in [1.807, 2.05) is 25.1 Å². The predicted octanol–water partition coefficient (Wildman–Crippen LogP) is 2.09. The Morgan fingerprint density at radius 2 is 2.10 bits per heavy atom. The molecule has 1 aromatic carbocycles. The second-order valence-electron chi connectivity index (χ2n) is 4.42. The number of nitrogens with one attached hydrogen (secondary N) is 1. The number of hydrogen-bond donors (Lipinski definition) is 2. The standard InChI is InChI=1S/C15H23NO4/c1-4-11-6-7-13(14(10-11)19-3)20-9-8-12(15(17)18)16-5-2/h6-7,10,12,16H,4-5,8-9H2,1-3H3,(H,17,18). The van der Waals surface area contributed by atoms with Gasteiger partial charge >= 0.3 is 5.97 Å². The van der Waals surface area contributed by atoms with Crippen molar-refractivity contribution >= 4 is 5.97 Å². The van der Waals surface area contributed by atoms with E-state index < -0.39 is 12.0 Å². The van der Waals surface area contributed by atoms with Gasteiger partial charge in [-0.1, -0.05) is 19.9 Å². The minimum atomic E-state index is -0.858. The van der Waals surface area contributed by atoms with E-state index in [9.17, 15) is 4.79 Å². The van der Waals surface area contributed by atoms with Gasteiger partial charge in [0.2, 0.25) is 0 Å². The first-order valence-corrected chi connectivity index (χ1v) is 6.88. The largest absolute Gasteiger partial charge is 0.493 e. The number of aliphatic carboxylic acids is 1. The average molecular weight is 281 g/mol. The Hall–Kier alpha value is -1.75. The van der Waals surface area contributed by atoms with Gasteiger partial charge in [-0.25, -0.2) is 0 Å². The van der Waals surface area contributed by atoms with Crippen LogP contribution in [0.5, 0.6) is 11.5 Å². The summed E-state index contributed by atoms with van der Waals surface area (Å²) in [4.78, 5) is 11.0. The number of methoxy groups -OCH3 is 1. The molecule has 0 fully saturated rings. The molecule has 0 saturated carbocycles. The minimum absolute atomic E-state index is 0.325. The van der Waals surface area contributed by atoms with Crippen LogP contribution in [0, 0.1) is 0 Å². The quantitative estimate of drug-likeness (QED) is 0.725. The first-order chi connectivity index (χ1) is 9.62. The van der Waals surface area contributed by atoms with Gasteiger partial charge in [0.05, 0.1) is 13.7 Å². The predicted molar refractivity (Wildman–Crippen MR) is 77.6 cm³/mol. The smallest absolute Gasteiger partial charge is 0.320 e. The molecule has 0 spiro atoms. The first kappa shape index (κ1) is 16.3. The number of hydrogen-bond acceptors (Lipinski definition) is 4. The SMILES string of the molecule is CCNC(CCOc1ccc(CC)cc1OC)C(=O)O. The van der Waals surface area contributed by atoms with Crippen molar-refractivity contribution in [3.63, 3.8) is 0 Å². The first-order valence-electron chi connectivity index (χ1n) is 6.88. The molecule has 1 rings (SSSR count). The fraction of sp³-hybridized carbons (Fsp3) is 0.533. The Kier molecular flexibility index (Phi) is 6.87. The van der Waals surface area contributed by atoms with Crippen molar-refractivity contribution in [3.05, 3.63) is 23.8 Å². The molecule has 112 valence electrons. The van der Waals surface area contributed by atoms with Crippen molar-refractivity contribution in [2.24, 2.45) is 0 Å². The van der Waals surface area contributed by atoms with E-state index in [1.165, 1.54) is 5.56 Å². The second-order valence-corrected chi connectivity index (χ2v) is 4.42. The summed E-state index contributed by atoms with van der Waals surface area (Å²) < 4.78 is 10.9. The monoisotopic (exact) mass is 281 g/mol. The van der Waals surface area contributed by atoms with Crippen molar-refractivity contribution in [1.82, 2.24) is 5.32 Å². The van der Waals surface area contributed by atoms with Crippen molar-refractivity contribution in [2.75, 3.05) is 20.3 Å². The Balaban J connectivity index is 2.58. The molecule has 0 heterocycles. The van der Waals surface area contributed by atoms with Crippen LogP contribution >= 0.6 is 0 Å². The van der Waals surface area contributed by atoms with Crippen LogP contribution in [0.3, 0.4) is 0 Å². The number of likely N-dealkylation sites (N-methyl/N-ethyl adjacent to an activating group) is 1. The highest BCUT2D eigenvalue weighted by Gasteiger charge is 2.16. The third-order valence-corrected chi connectivity index (χ3v) is 3.05. The molecule has 1 unspecified atom stereocenters. The minimum Gasteiger partial charge on any atom is -0.493 e. The van der Waals surface area contributed by atoms with Crippen LogP contribution < -0.4 is 14.8 Å². The van der Waals surface area contributed by atoms with E-state index >= 15 is 0 Å². The number of ether oxygens (including phenoxy) is 2. The van der Waals surface area contributed by atoms with E-state index in [0.29, 0.717) is 31.1 Å². The Bertz CT molecular complexity index is 434. The molecule has 0 radical (unpaired) electrons. The molecule has 5 heteroatoms. The fourth-order valence-corrected chi connectivity index (χ4v) is 1.90. The van der Waals surface area contributed by atoms with Crippen LogP contribution in [0.25, 0.3) is 0 Å².